The van der Waals surface area contributed by atoms with E-state index < -0.39 is 182 Å². The SMILES string of the molecule is [2H]C([2H])([2H])C([2H])(C)C[C@H](CC(=O)OC(C)(C)C)C(=O)NCCC(C)C.[2H]C([2H])([2H])C([2H])(C)C[C@H](CC(=O)OC(C)(C)C)C(=O)O.[2H]C([2H])([2H])C([2H])(C)C[C@H](CC(=O)[C@H]1O[C@@H]1C(=O)O)C(=O)NCCC(C)C.[2H]C([2H])([2H])C([2H])(C)C[C@H](CC(=O)[C@H]1O[C@@H]1C(=O)OCC)C(=O)NCCC(C)C. The summed E-state index contributed by atoms with van der Waals surface area (Å²) >= 11 is 0. The Kier molecular flexibility index (Phi) is 26.6. The molecule has 3 amide bonds. The number of carbonyl (C=O) groups is 10. The third-order valence-electron chi connectivity index (χ3n) is 11.7. The predicted molar refractivity (Wildman–Crippen MR) is 319 cm³/mol. The van der Waals surface area contributed by atoms with Crippen molar-refractivity contribution in [1.29, 1.82) is 0 Å². The van der Waals surface area contributed by atoms with Gasteiger partial charge in [-0.05, 0) is 135 Å². The Morgan fingerprint density at radius 2 is 0.783 bits per heavy atom. The second kappa shape index (κ2) is 40.4. The minimum atomic E-state index is -2.62. The van der Waals surface area contributed by atoms with E-state index in [1.165, 1.54) is 20.8 Å². The van der Waals surface area contributed by atoms with Crippen LogP contribution in [0.25, 0.3) is 0 Å². The molecule has 2 heterocycles. The van der Waals surface area contributed by atoms with E-state index in [2.05, 4.69) is 16.0 Å². The molecule has 482 valence electrons. The molecule has 2 aliphatic heterocycles. The van der Waals surface area contributed by atoms with Gasteiger partial charge in [-0.2, -0.15) is 0 Å². The fourth-order valence-corrected chi connectivity index (χ4v) is 7.58. The Hall–Kier alpha value is -4.98. The zero-order valence-electron chi connectivity index (χ0n) is 68.5. The second-order valence-corrected chi connectivity index (χ2v) is 24.5. The van der Waals surface area contributed by atoms with Crippen molar-refractivity contribution in [2.75, 3.05) is 26.2 Å². The average molecular weight is 1200 g/mol. The molecule has 0 bridgehead atoms. The van der Waals surface area contributed by atoms with Crippen LogP contribution < -0.4 is 16.0 Å². The van der Waals surface area contributed by atoms with Gasteiger partial charge in [-0.3, -0.25) is 38.4 Å². The average Bonchev–Trinajstić information content (AvgIpc) is 1.60. The number of hydrogen-bond donors (Lipinski definition) is 5. The van der Waals surface area contributed by atoms with Crippen LogP contribution in [0.4, 0.5) is 0 Å². The van der Waals surface area contributed by atoms with Gasteiger partial charge in [-0.25, -0.2) is 9.59 Å². The third-order valence-corrected chi connectivity index (χ3v) is 11.7. The molecule has 2 rings (SSSR count). The number of rotatable bonds is 34. The molecule has 2 saturated heterocycles. The molecule has 2 aliphatic rings. The number of aliphatic carboxylic acids is 2. The Balaban J connectivity index is 0. The van der Waals surface area contributed by atoms with Crippen molar-refractivity contribution in [2.24, 2.45) is 65.0 Å². The summed E-state index contributed by atoms with van der Waals surface area (Å²) in [7, 11) is 0. The molecular formula is C63H113N3O17. The Labute approximate surface area is 520 Å². The van der Waals surface area contributed by atoms with Gasteiger partial charge < -0.3 is 49.8 Å². The van der Waals surface area contributed by atoms with Gasteiger partial charge >= 0.3 is 29.8 Å². The lowest BCUT2D eigenvalue weighted by Crippen LogP contribution is -2.35. The lowest BCUT2D eigenvalue weighted by Gasteiger charge is -2.23. The van der Waals surface area contributed by atoms with Gasteiger partial charge in [-0.1, -0.05) is 96.6 Å². The van der Waals surface area contributed by atoms with E-state index in [0.29, 0.717) is 37.4 Å². The largest absolute Gasteiger partial charge is 0.481 e. The lowest BCUT2D eigenvalue weighted by atomic mass is 9.90. The van der Waals surface area contributed by atoms with Crippen molar-refractivity contribution in [3.05, 3.63) is 0 Å². The van der Waals surface area contributed by atoms with E-state index in [1.54, 1.807) is 48.5 Å². The first-order chi connectivity index (χ1) is 44.3. The van der Waals surface area contributed by atoms with E-state index >= 15 is 0 Å². The lowest BCUT2D eigenvalue weighted by molar-refractivity contribution is -0.160. The van der Waals surface area contributed by atoms with Gasteiger partial charge in [0.1, 0.15) is 11.2 Å². The van der Waals surface area contributed by atoms with Gasteiger partial charge in [0.15, 0.2) is 36.0 Å². The highest BCUT2D eigenvalue weighted by molar-refractivity contribution is 5.97. The van der Waals surface area contributed by atoms with Gasteiger partial charge in [0.25, 0.3) is 0 Å². The molecule has 4 unspecified atom stereocenters. The van der Waals surface area contributed by atoms with Gasteiger partial charge in [-0.15, -0.1) is 0 Å². The highest BCUT2D eigenvalue weighted by atomic mass is 16.6. The second-order valence-electron chi connectivity index (χ2n) is 24.5. The van der Waals surface area contributed by atoms with Crippen LogP contribution in [-0.2, 0) is 71.6 Å². The van der Waals surface area contributed by atoms with Crippen molar-refractivity contribution in [3.8, 4) is 0 Å². The number of carbonyl (C=O) groups excluding carboxylic acids is 8. The first-order valence-corrected chi connectivity index (χ1v) is 28.5. The molecule has 0 aliphatic carbocycles. The molecule has 20 nitrogen and oxygen atoms in total. The van der Waals surface area contributed by atoms with Gasteiger partial charge in [0, 0.05) is 72.2 Å². The summed E-state index contributed by atoms with van der Waals surface area (Å²) in [6.45, 7) is 19.6. The molecule has 5 N–H and O–H groups in total. The Morgan fingerprint density at radius 3 is 1.06 bits per heavy atom. The van der Waals surface area contributed by atoms with Crippen LogP contribution in [0.5, 0.6) is 0 Å². The maximum absolute atomic E-state index is 12.6. The number of amides is 3. The molecule has 12 atom stereocenters. The standard InChI is InChI=1S/C18H31NO5.C17H33NO3.C16H27NO5.C12H22O4/c1-6-23-18(22)16-15(24-16)14(20)10-13(9-12(4)5)17(21)19-8-7-11(2)3;1-12(2)8-9-18-16(20)14(10-13(3)4)11-15(19)21-17(5,6)7;1-9(2)5-6-17-15(19)11(7-10(3)4)8-12(18)13-14(22-13)16(20)21;1-8(2)6-9(11(14)15)7-10(13)16-12(3,4)5/h11-13,15-16H,6-10H2,1-5H3,(H,19,21);12-14H,8-11H2,1-7H3,(H,18,20);9-11,13-14H,5-8H2,1-4H3,(H,17,19)(H,20,21);8-9H,6-7H2,1-5H3,(H,14,15)/t13-,15-,16+;14-;11-,13-,14+;9-/m1111/s1/i4D3,12D;3D3,13D;3D3,10D;1D3,8D/t12?,13-,15-,16+;13?,14-;10?,11-,13-,14+;8?,9-. The first kappa shape index (κ1) is 54.7. The maximum Gasteiger partial charge on any atom is 0.338 e. The van der Waals surface area contributed by atoms with Crippen LogP contribution in [0.3, 0.4) is 0 Å². The number of carboxylic acid groups (broad SMARTS) is 2. The summed E-state index contributed by atoms with van der Waals surface area (Å²) in [6, 6.07) is 0. The summed E-state index contributed by atoms with van der Waals surface area (Å²) in [5.41, 5.74) is -1.43. The number of Topliss-reactive ketones (excluding diaryl/α,β-unsaturated/α-hetero) is 2. The number of carboxylic acids is 2. The molecule has 83 heavy (non-hydrogen) atoms. The number of epoxide rings is 2. The molecule has 0 aromatic heterocycles. The highest BCUT2D eigenvalue weighted by Crippen LogP contribution is 2.30. The smallest absolute Gasteiger partial charge is 0.338 e. The molecule has 0 spiro atoms. The Bertz CT molecular complexity index is 2650. The number of nitrogens with one attached hydrogen (secondary N) is 3. The van der Waals surface area contributed by atoms with Crippen molar-refractivity contribution in [1.82, 2.24) is 16.0 Å². The fraction of sp³-hybridized carbons (Fsp3) is 0.841. The Morgan fingerprint density at radius 1 is 0.482 bits per heavy atom. The molecular weight excluding hydrogens is 1070 g/mol. The number of ketones is 2. The minimum Gasteiger partial charge on any atom is -0.481 e. The van der Waals surface area contributed by atoms with Crippen molar-refractivity contribution < 1.29 is 104 Å². The molecule has 20 heteroatoms. The minimum absolute atomic E-state index is 0.163. The van der Waals surface area contributed by atoms with Crippen molar-refractivity contribution in [2.45, 2.75) is 251 Å². The van der Waals surface area contributed by atoms with Crippen LogP contribution in [-0.4, -0.2) is 131 Å². The zero-order valence-corrected chi connectivity index (χ0v) is 52.5. The quantitative estimate of drug-likeness (QED) is 0.0227. The normalized spacial score (nSPS) is 24.0. The monoisotopic (exact) mass is 1200 g/mol. The summed E-state index contributed by atoms with van der Waals surface area (Å²) in [5, 5.41) is 26.0. The summed E-state index contributed by atoms with van der Waals surface area (Å²) < 4.78 is 146. The molecule has 0 aromatic rings. The van der Waals surface area contributed by atoms with E-state index in [9.17, 15) is 47.9 Å². The van der Waals surface area contributed by atoms with Crippen LogP contribution >= 0.6 is 0 Å². The van der Waals surface area contributed by atoms with Crippen molar-refractivity contribution >= 4 is 59.1 Å². The highest BCUT2D eigenvalue weighted by Gasteiger charge is 2.52. The summed E-state index contributed by atoms with van der Waals surface area (Å²) in [4.78, 5) is 119. The molecule has 0 radical (unpaired) electrons. The molecule has 0 saturated carbocycles. The van der Waals surface area contributed by atoms with E-state index in [4.69, 9.17) is 55.8 Å². The zero-order chi connectivity index (χ0) is 78.4. The summed E-state index contributed by atoms with van der Waals surface area (Å²) in [5.74, 6) is -17.5. The van der Waals surface area contributed by atoms with Crippen molar-refractivity contribution in [3.63, 3.8) is 0 Å². The first-order valence-electron chi connectivity index (χ1n) is 36.5. The number of hydrogen-bond acceptors (Lipinski definition) is 15. The van der Waals surface area contributed by atoms with Crippen LogP contribution in [0.1, 0.15) is 238 Å². The van der Waals surface area contributed by atoms with E-state index in [0.717, 1.165) is 26.2 Å². The van der Waals surface area contributed by atoms with E-state index in [-0.39, 0.29) is 45.1 Å². The van der Waals surface area contributed by atoms with Crippen LogP contribution in [0.2, 0.25) is 0 Å². The third kappa shape index (κ3) is 41.6. The van der Waals surface area contributed by atoms with Gasteiger partial charge in [0.05, 0.1) is 25.4 Å². The van der Waals surface area contributed by atoms with Gasteiger partial charge in [0.2, 0.25) is 17.7 Å². The van der Waals surface area contributed by atoms with Crippen LogP contribution in [0, 0.1) is 65.0 Å². The molecule has 0 aromatic carbocycles. The molecule has 2 fully saturated rings. The number of ether oxygens (including phenoxy) is 5. The topological polar surface area (TPSA) is 300 Å². The summed E-state index contributed by atoms with van der Waals surface area (Å²) in [6.07, 6.45) is -4.70. The maximum atomic E-state index is 12.6. The predicted octanol–water partition coefficient (Wildman–Crippen LogP) is 9.73. The van der Waals surface area contributed by atoms with E-state index in [1.807, 2.05) is 41.5 Å². The van der Waals surface area contributed by atoms with Crippen LogP contribution in [0.15, 0.2) is 0 Å². The number of esters is 3. The fourth-order valence-electron chi connectivity index (χ4n) is 7.58.